The molecule has 2 amide bonds. The Morgan fingerprint density at radius 2 is 0.810 bits per heavy atom. The molecule has 0 saturated heterocycles. The average Bonchev–Trinajstić information content (AvgIpc) is 4.12. The number of imide groups is 1. The topological polar surface area (TPSA) is 94.7 Å². The highest BCUT2D eigenvalue weighted by atomic mass is 16.2. The van der Waals surface area contributed by atoms with E-state index in [0.29, 0.717) is 29.1 Å². The summed E-state index contributed by atoms with van der Waals surface area (Å²) in [6.07, 6.45) is 6.79. The number of carbonyl (C=O) groups excluding carboxylic acids is 2. The summed E-state index contributed by atoms with van der Waals surface area (Å²) in [5, 5.41) is 0. The lowest BCUT2D eigenvalue weighted by molar-refractivity contribution is -0.136. The first-order chi connectivity index (χ1) is 28.6. The molecule has 0 unspecified atom stereocenters. The van der Waals surface area contributed by atoms with Crippen molar-refractivity contribution in [2.45, 2.75) is 26.2 Å². The molecule has 6 heterocycles. The Morgan fingerprint density at radius 1 is 0.448 bits per heavy atom. The largest absolute Gasteiger partial charge is 0.354 e. The number of benzene rings is 4. The fraction of sp³-hybridized carbons (Fsp3) is 0.0980. The molecule has 0 saturated carbocycles. The molecule has 8 bridgehead atoms. The van der Waals surface area contributed by atoms with E-state index >= 15 is 0 Å². The highest BCUT2D eigenvalue weighted by molar-refractivity contribution is 6.50. The number of nitrogens with one attached hydrogen (secondary N) is 2. The van der Waals surface area contributed by atoms with Crippen molar-refractivity contribution in [2.24, 2.45) is 0 Å². The van der Waals surface area contributed by atoms with Gasteiger partial charge in [0.15, 0.2) is 0 Å². The molecule has 0 fully saturated rings. The number of hydrogen-bond donors (Lipinski definition) is 2. The first kappa shape index (κ1) is 35.1. The Morgan fingerprint density at radius 3 is 1.19 bits per heavy atom. The summed E-state index contributed by atoms with van der Waals surface area (Å²) in [5.41, 5.74) is 13.6. The van der Waals surface area contributed by atoms with E-state index in [1.165, 1.54) is 4.90 Å². The number of carbonyl (C=O) groups is 2. The lowest BCUT2D eigenvalue weighted by Gasteiger charge is -2.17. The third kappa shape index (κ3) is 5.91. The third-order valence-corrected chi connectivity index (χ3v) is 11.2. The van der Waals surface area contributed by atoms with Crippen LogP contribution in [0.3, 0.4) is 0 Å². The van der Waals surface area contributed by atoms with E-state index in [1.54, 1.807) is 0 Å². The van der Waals surface area contributed by atoms with Gasteiger partial charge in [-0.2, -0.15) is 0 Å². The molecule has 10 rings (SSSR count). The monoisotopic (exact) mass is 753 g/mol. The molecule has 4 aromatic carbocycles. The highest BCUT2D eigenvalue weighted by Gasteiger charge is 2.45. The number of hydrogen-bond acceptors (Lipinski definition) is 4. The summed E-state index contributed by atoms with van der Waals surface area (Å²) >= 11 is 0. The van der Waals surface area contributed by atoms with Gasteiger partial charge in [0, 0.05) is 50.9 Å². The molecule has 0 aliphatic carbocycles. The average molecular weight is 754 g/mol. The Bertz CT molecular complexity index is 2790. The second kappa shape index (κ2) is 14.6. The zero-order valence-electron chi connectivity index (χ0n) is 32.0. The van der Waals surface area contributed by atoms with Gasteiger partial charge in [0.05, 0.1) is 33.9 Å². The number of fused-ring (bicyclic) bond motifs is 10. The zero-order chi connectivity index (χ0) is 39.2. The smallest absolute Gasteiger partial charge is 0.263 e. The first-order valence-electron chi connectivity index (χ1n) is 19.9. The molecule has 7 nitrogen and oxygen atoms in total. The van der Waals surface area contributed by atoms with Crippen LogP contribution in [0.25, 0.3) is 89.9 Å². The summed E-state index contributed by atoms with van der Waals surface area (Å²) in [4.78, 5) is 49.3. The molecular formula is C51H39N5O2. The van der Waals surface area contributed by atoms with Crippen LogP contribution in [0, 0.1) is 0 Å². The Balaban J connectivity index is 1.41. The fourth-order valence-corrected chi connectivity index (χ4v) is 8.48. The van der Waals surface area contributed by atoms with E-state index in [1.807, 2.05) is 109 Å². The van der Waals surface area contributed by atoms with Crippen LogP contribution >= 0.6 is 0 Å². The molecule has 280 valence electrons. The van der Waals surface area contributed by atoms with Crippen molar-refractivity contribution in [3.05, 3.63) is 168 Å². The predicted molar refractivity (Wildman–Crippen MR) is 235 cm³/mol. The maximum Gasteiger partial charge on any atom is 0.263 e. The van der Waals surface area contributed by atoms with Crippen LogP contribution in [0.1, 0.15) is 49.0 Å². The van der Waals surface area contributed by atoms with Gasteiger partial charge in [-0.25, -0.2) is 9.97 Å². The lowest BCUT2D eigenvalue weighted by atomic mass is 9.96. The second-order valence-electron chi connectivity index (χ2n) is 14.8. The van der Waals surface area contributed by atoms with Crippen molar-refractivity contribution in [3.63, 3.8) is 0 Å². The van der Waals surface area contributed by atoms with Gasteiger partial charge in [-0.1, -0.05) is 141 Å². The third-order valence-electron chi connectivity index (χ3n) is 11.2. The number of aromatic amines is 2. The Kier molecular flexibility index (Phi) is 8.83. The van der Waals surface area contributed by atoms with Gasteiger partial charge in [0.2, 0.25) is 0 Å². The summed E-state index contributed by atoms with van der Waals surface area (Å²) < 4.78 is 0. The van der Waals surface area contributed by atoms with E-state index in [2.05, 4.69) is 65.4 Å². The van der Waals surface area contributed by atoms with Gasteiger partial charge in [-0.05, 0) is 65.1 Å². The summed E-state index contributed by atoms with van der Waals surface area (Å²) in [7, 11) is 0. The van der Waals surface area contributed by atoms with Crippen LogP contribution in [-0.4, -0.2) is 43.2 Å². The number of nitrogens with zero attached hydrogens (tertiary/aromatic N) is 3. The molecule has 7 heteroatoms. The molecule has 7 aromatic rings. The number of rotatable bonds is 8. The normalized spacial score (nSPS) is 13.4. The standard InChI is InChI=1S/C51H39N5O2/c1-2-3-16-31-56-50(57)46-47(51(56)58)49-45(35-23-14-7-15-24-35)41-30-28-39(54-41)43(33-19-10-5-11-20-33)37-26-25-36(52-37)42(32-17-8-4-9-18-32)38-27-29-40(53-38)44(48(46)55-49)34-21-12-6-13-22-34/h4-15,17-30,53-54H,2-3,16,31H2,1H3. The predicted octanol–water partition coefficient (Wildman–Crippen LogP) is 11.6. The molecule has 2 N–H and O–H groups in total. The molecule has 0 spiro atoms. The molecule has 0 radical (unpaired) electrons. The number of aromatic nitrogens is 4. The van der Waals surface area contributed by atoms with Gasteiger partial charge in [-0.3, -0.25) is 14.5 Å². The van der Waals surface area contributed by atoms with Crippen molar-refractivity contribution in [1.82, 2.24) is 24.8 Å². The molecule has 58 heavy (non-hydrogen) atoms. The molecular weight excluding hydrogens is 715 g/mol. The molecule has 3 aliphatic rings. The van der Waals surface area contributed by atoms with Gasteiger partial charge in [-0.15, -0.1) is 0 Å². The van der Waals surface area contributed by atoms with Crippen LogP contribution in [0.5, 0.6) is 0 Å². The lowest BCUT2D eigenvalue weighted by Crippen LogP contribution is -2.33. The van der Waals surface area contributed by atoms with Crippen molar-refractivity contribution in [3.8, 4) is 44.5 Å². The van der Waals surface area contributed by atoms with E-state index in [9.17, 15) is 9.59 Å². The van der Waals surface area contributed by atoms with Crippen LogP contribution in [0.4, 0.5) is 0 Å². The van der Waals surface area contributed by atoms with Crippen molar-refractivity contribution >= 4 is 57.2 Å². The van der Waals surface area contributed by atoms with Crippen molar-refractivity contribution < 1.29 is 9.59 Å². The quantitative estimate of drug-likeness (QED) is 0.119. The maximum atomic E-state index is 14.8. The van der Waals surface area contributed by atoms with Crippen molar-refractivity contribution in [1.29, 1.82) is 0 Å². The highest BCUT2D eigenvalue weighted by Crippen LogP contribution is 2.47. The summed E-state index contributed by atoms with van der Waals surface area (Å²) in [5.74, 6) is -0.626. The zero-order valence-corrected chi connectivity index (χ0v) is 32.0. The van der Waals surface area contributed by atoms with E-state index in [-0.39, 0.29) is 11.8 Å². The van der Waals surface area contributed by atoms with Gasteiger partial charge in [0.25, 0.3) is 11.8 Å². The Hall–Kier alpha value is -7.38. The van der Waals surface area contributed by atoms with E-state index in [0.717, 1.165) is 97.2 Å². The van der Waals surface area contributed by atoms with E-state index in [4.69, 9.17) is 9.97 Å². The Labute approximate surface area is 336 Å². The van der Waals surface area contributed by atoms with Gasteiger partial charge < -0.3 is 9.97 Å². The van der Waals surface area contributed by atoms with Gasteiger partial charge in [0.1, 0.15) is 0 Å². The number of H-pyrrole nitrogens is 2. The van der Waals surface area contributed by atoms with E-state index < -0.39 is 0 Å². The number of amides is 2. The fourth-order valence-electron chi connectivity index (χ4n) is 8.48. The summed E-state index contributed by atoms with van der Waals surface area (Å²) in [6.45, 7) is 2.46. The molecule has 3 aromatic heterocycles. The SMILES string of the molecule is CCCCCN1C(=O)C2=C(C1=O)c1nc2c(-c2ccccc2)c2ccc([nH]2)c(-c2ccccc2)c2nc(c(-c3ccccc3)c3ccc([nH]3)c1-c1ccccc1)C=C2. The van der Waals surface area contributed by atoms with Gasteiger partial charge >= 0.3 is 0 Å². The van der Waals surface area contributed by atoms with Crippen LogP contribution in [0.15, 0.2) is 146 Å². The molecule has 0 atom stereocenters. The van der Waals surface area contributed by atoms with Crippen molar-refractivity contribution in [2.75, 3.05) is 6.54 Å². The summed E-state index contributed by atoms with van der Waals surface area (Å²) in [6, 6.07) is 48.8. The minimum Gasteiger partial charge on any atom is -0.354 e. The second-order valence-corrected chi connectivity index (χ2v) is 14.8. The first-order valence-corrected chi connectivity index (χ1v) is 19.9. The molecule has 3 aliphatic heterocycles. The van der Waals surface area contributed by atoms with Crippen LogP contribution < -0.4 is 0 Å². The minimum atomic E-state index is -0.313. The van der Waals surface area contributed by atoms with Crippen LogP contribution in [-0.2, 0) is 9.59 Å². The minimum absolute atomic E-state index is 0.313. The van der Waals surface area contributed by atoms with Crippen LogP contribution in [0.2, 0.25) is 0 Å². The number of unbranched alkanes of at least 4 members (excludes halogenated alkanes) is 2. The maximum absolute atomic E-state index is 14.8.